The lowest BCUT2D eigenvalue weighted by Crippen LogP contribution is -2.14. The molecule has 0 amide bonds. The number of halogens is 1. The molecule has 0 bridgehead atoms. The third-order valence-corrected chi connectivity index (χ3v) is 3.10. The Balaban J connectivity index is 2.83. The number of pyridine rings is 1. The minimum Gasteiger partial charge on any atom is -0.255 e. The zero-order valence-corrected chi connectivity index (χ0v) is 9.31. The molecule has 0 aromatic carbocycles. The molecule has 0 saturated heterocycles. The van der Waals surface area contributed by atoms with Crippen molar-refractivity contribution in [3.63, 3.8) is 0 Å². The van der Waals surface area contributed by atoms with Crippen LogP contribution in [0.3, 0.4) is 0 Å². The molecule has 0 fully saturated rings. The Kier molecular flexibility index (Phi) is 3.09. The molecule has 0 aliphatic heterocycles. The van der Waals surface area contributed by atoms with Gasteiger partial charge in [-0.3, -0.25) is 4.98 Å². The number of hydrogen-bond acceptors (Lipinski definition) is 1. The first kappa shape index (κ1) is 9.95. The first-order chi connectivity index (χ1) is 5.49. The van der Waals surface area contributed by atoms with Crippen molar-refractivity contribution in [2.45, 2.75) is 25.9 Å². The van der Waals surface area contributed by atoms with Gasteiger partial charge in [-0.05, 0) is 17.3 Å². The normalized spacial score (nSPS) is 12.7. The van der Waals surface area contributed by atoms with Gasteiger partial charge in [0.25, 0.3) is 0 Å². The van der Waals surface area contributed by atoms with E-state index in [0.29, 0.717) is 8.58 Å². The van der Waals surface area contributed by atoms with Crippen molar-refractivity contribution in [2.75, 3.05) is 0 Å². The first-order valence-corrected chi connectivity index (χ1v) is 5.25. The van der Waals surface area contributed by atoms with E-state index in [1.54, 1.807) is 6.20 Å². The summed E-state index contributed by atoms with van der Waals surface area (Å²) in [5.74, 6) is 0. The smallest absolute Gasteiger partial charge is 0.0790 e. The predicted octanol–water partition coefficient (Wildman–Crippen LogP) is 2.84. The van der Waals surface area contributed by atoms with Crippen molar-refractivity contribution in [3.8, 4) is 0 Å². The largest absolute Gasteiger partial charge is 0.255 e. The Hall–Kier alpha value is -0.130. The van der Waals surface area contributed by atoms with Crippen LogP contribution in [0.25, 0.3) is 0 Å². The Morgan fingerprint density at radius 1 is 1.42 bits per heavy atom. The molecule has 1 rings (SSSR count). The molecule has 12 heavy (non-hydrogen) atoms. The second kappa shape index (κ2) is 3.72. The topological polar surface area (TPSA) is 12.9 Å². The summed E-state index contributed by atoms with van der Waals surface area (Å²) in [6, 6.07) is 3.75. The summed E-state index contributed by atoms with van der Waals surface area (Å²) in [6.45, 7) is 6.57. The van der Waals surface area contributed by atoms with Gasteiger partial charge in [0.15, 0.2) is 0 Å². The lowest BCUT2D eigenvalue weighted by molar-refractivity contribution is 0.798. The Morgan fingerprint density at radius 3 is 2.58 bits per heavy atom. The average molecular weight is 202 g/mol. The highest BCUT2D eigenvalue weighted by Crippen LogP contribution is 2.30. The van der Waals surface area contributed by atoms with E-state index in [-0.39, 0.29) is 5.16 Å². The molecule has 3 heteroatoms. The van der Waals surface area contributed by atoms with Crippen LogP contribution in [-0.4, -0.2) is 10.1 Å². The zero-order valence-electron chi connectivity index (χ0n) is 7.56. The van der Waals surface area contributed by atoms with Crippen LogP contribution in [0.2, 0.25) is 5.02 Å². The summed E-state index contributed by atoms with van der Waals surface area (Å²) in [6.07, 6.45) is 1.79. The highest BCUT2D eigenvalue weighted by molar-refractivity contribution is 7.48. The lowest BCUT2D eigenvalue weighted by atomic mass is 10.3. The maximum absolute atomic E-state index is 5.97. The maximum Gasteiger partial charge on any atom is 0.0790 e. The van der Waals surface area contributed by atoms with Crippen molar-refractivity contribution in [1.82, 2.24) is 4.98 Å². The Morgan fingerprint density at radius 2 is 2.08 bits per heavy atom. The maximum atomic E-state index is 5.97. The van der Waals surface area contributed by atoms with E-state index < -0.39 is 0 Å². The third-order valence-electron chi connectivity index (χ3n) is 1.25. The number of aromatic nitrogens is 1. The van der Waals surface area contributed by atoms with Crippen LogP contribution in [0.15, 0.2) is 18.3 Å². The van der Waals surface area contributed by atoms with Gasteiger partial charge in [0.1, 0.15) is 0 Å². The minimum atomic E-state index is 0.276. The molecule has 0 N–H and O–H groups in total. The van der Waals surface area contributed by atoms with Crippen molar-refractivity contribution < 1.29 is 0 Å². The fraction of sp³-hybridized carbons (Fsp3) is 0.444. The lowest BCUT2D eigenvalue weighted by Gasteiger charge is -2.17. The second-order valence-electron chi connectivity index (χ2n) is 3.71. The molecule has 0 aliphatic carbocycles. The van der Waals surface area contributed by atoms with Gasteiger partial charge in [0.2, 0.25) is 0 Å². The summed E-state index contributed by atoms with van der Waals surface area (Å²) in [5, 5.41) is 1.06. The van der Waals surface area contributed by atoms with Crippen LogP contribution in [0.5, 0.6) is 0 Å². The summed E-state index contributed by atoms with van der Waals surface area (Å²) in [5.41, 5.74) is 1.02. The second-order valence-corrected chi connectivity index (χ2v) is 6.34. The van der Waals surface area contributed by atoms with Gasteiger partial charge in [-0.1, -0.05) is 41.0 Å². The molecule has 1 heterocycles. The van der Waals surface area contributed by atoms with E-state index >= 15 is 0 Å². The Labute approximate surface area is 80.3 Å². The predicted molar refractivity (Wildman–Crippen MR) is 56.9 cm³/mol. The van der Waals surface area contributed by atoms with Crippen LogP contribution in [0, 0.1) is 0 Å². The number of nitrogens with zero attached hydrogens (tertiary/aromatic N) is 1. The first-order valence-electron chi connectivity index (χ1n) is 3.88. The van der Waals surface area contributed by atoms with Crippen molar-refractivity contribution in [2.24, 2.45) is 0 Å². The summed E-state index contributed by atoms with van der Waals surface area (Å²) in [4.78, 5) is 4.24. The van der Waals surface area contributed by atoms with Gasteiger partial charge in [0, 0.05) is 6.20 Å². The van der Waals surface area contributed by atoms with Gasteiger partial charge in [-0.25, -0.2) is 0 Å². The van der Waals surface area contributed by atoms with Crippen molar-refractivity contribution >= 4 is 25.6 Å². The van der Waals surface area contributed by atoms with E-state index in [1.807, 2.05) is 12.1 Å². The fourth-order valence-electron chi connectivity index (χ4n) is 0.833. The van der Waals surface area contributed by atoms with Crippen molar-refractivity contribution in [1.29, 1.82) is 0 Å². The molecule has 1 unspecified atom stereocenters. The highest BCUT2D eigenvalue weighted by Gasteiger charge is 2.13. The average Bonchev–Trinajstić information content (AvgIpc) is 1.91. The van der Waals surface area contributed by atoms with E-state index in [1.165, 1.54) is 0 Å². The number of hydrogen-bond donors (Lipinski definition) is 0. The van der Waals surface area contributed by atoms with Gasteiger partial charge < -0.3 is 0 Å². The minimum absolute atomic E-state index is 0.276. The summed E-state index contributed by atoms with van der Waals surface area (Å²) < 4.78 is 0. The van der Waals surface area contributed by atoms with Gasteiger partial charge in [0.05, 0.1) is 10.5 Å². The van der Waals surface area contributed by atoms with Gasteiger partial charge >= 0.3 is 0 Å². The van der Waals surface area contributed by atoms with E-state index in [4.69, 9.17) is 11.6 Å². The molecule has 0 saturated carbocycles. The SMILES string of the molecule is CC(C)(C)Pc1ncccc1Cl. The summed E-state index contributed by atoms with van der Waals surface area (Å²) in [7, 11) is 0.670. The van der Waals surface area contributed by atoms with E-state index in [9.17, 15) is 0 Å². The molecule has 1 aromatic heterocycles. The molecular weight excluding hydrogens is 189 g/mol. The molecular formula is C9H13ClNP. The standard InChI is InChI=1S/C9H13ClNP/c1-9(2,3)12-8-7(10)5-4-6-11-8/h4-6,12H,1-3H3. The van der Waals surface area contributed by atoms with Gasteiger partial charge in [-0.2, -0.15) is 0 Å². The van der Waals surface area contributed by atoms with Crippen LogP contribution < -0.4 is 5.44 Å². The fourth-order valence-corrected chi connectivity index (χ4v) is 2.15. The van der Waals surface area contributed by atoms with Crippen molar-refractivity contribution in [3.05, 3.63) is 23.4 Å². The number of rotatable bonds is 1. The van der Waals surface area contributed by atoms with Crippen LogP contribution in [0.1, 0.15) is 20.8 Å². The molecule has 1 aromatic rings. The van der Waals surface area contributed by atoms with E-state index in [0.717, 1.165) is 10.5 Å². The quantitative estimate of drug-likeness (QED) is 0.637. The molecule has 1 atom stereocenters. The summed E-state index contributed by atoms with van der Waals surface area (Å²) >= 11 is 5.97. The Bertz CT molecular complexity index is 267. The highest BCUT2D eigenvalue weighted by atomic mass is 35.5. The van der Waals surface area contributed by atoms with Crippen LogP contribution >= 0.6 is 20.2 Å². The third kappa shape index (κ3) is 3.08. The zero-order chi connectivity index (χ0) is 9.19. The molecule has 0 radical (unpaired) electrons. The molecule has 1 nitrogen and oxygen atoms in total. The van der Waals surface area contributed by atoms with E-state index in [2.05, 4.69) is 25.8 Å². The monoisotopic (exact) mass is 201 g/mol. The van der Waals surface area contributed by atoms with Crippen LogP contribution in [-0.2, 0) is 0 Å². The molecule has 0 aliphatic rings. The van der Waals surface area contributed by atoms with Gasteiger partial charge in [-0.15, -0.1) is 0 Å². The molecule has 0 spiro atoms. The molecule has 66 valence electrons. The van der Waals surface area contributed by atoms with Crippen LogP contribution in [0.4, 0.5) is 0 Å².